The third-order valence-corrected chi connectivity index (χ3v) is 7.97. The topological polar surface area (TPSA) is 123 Å². The molecule has 0 saturated carbocycles. The molecule has 0 unspecified atom stereocenters. The van der Waals surface area contributed by atoms with E-state index in [-0.39, 0.29) is 11.6 Å². The van der Waals surface area contributed by atoms with Crippen molar-refractivity contribution < 1.29 is 28.5 Å². The van der Waals surface area contributed by atoms with Crippen LogP contribution < -0.4 is 30.4 Å². The first-order valence-electron chi connectivity index (χ1n) is 16.4. The Bertz CT molecular complexity index is 2140. The van der Waals surface area contributed by atoms with Crippen molar-refractivity contribution >= 4 is 22.9 Å². The molecule has 4 N–H and O–H groups in total. The maximum atomic E-state index is 13.4. The van der Waals surface area contributed by atoms with Gasteiger partial charge in [-0.05, 0) is 152 Å². The number of carbonyl (C=O) groups excluding carboxylic acids is 2. The Labute approximate surface area is 300 Å². The van der Waals surface area contributed by atoms with E-state index in [9.17, 15) is 9.59 Å². The molecule has 0 aliphatic carbocycles. The number of anilines is 2. The van der Waals surface area contributed by atoms with Gasteiger partial charge in [-0.15, -0.1) is 0 Å². The minimum Gasteiger partial charge on any atom is -0.457 e. The van der Waals surface area contributed by atoms with E-state index in [0.29, 0.717) is 79.6 Å². The van der Waals surface area contributed by atoms with Gasteiger partial charge >= 0.3 is 0 Å². The first-order valence-corrected chi connectivity index (χ1v) is 16.4. The van der Waals surface area contributed by atoms with E-state index in [2.05, 4.69) is 0 Å². The van der Waals surface area contributed by atoms with Gasteiger partial charge in [-0.1, -0.05) is 18.2 Å². The van der Waals surface area contributed by atoms with Gasteiger partial charge in [0.25, 0.3) is 0 Å². The molecule has 0 saturated heterocycles. The number of rotatable bonds is 12. The summed E-state index contributed by atoms with van der Waals surface area (Å²) in [6.07, 6.45) is 0. The SMILES string of the molecule is Nc1ccc(Oc2ccc(Oc3ccc(C(=O)c4cccc(C(=O)c5ccc(Oc6ccc(Oc7ccc(N)cc7)cc6)cc5)c4)cc3)cc2)cc1. The third kappa shape index (κ3) is 8.27. The molecule has 0 amide bonds. The van der Waals surface area contributed by atoms with Gasteiger partial charge in [0.1, 0.15) is 46.0 Å². The van der Waals surface area contributed by atoms with Crippen molar-refractivity contribution in [3.63, 3.8) is 0 Å². The Morgan fingerprint density at radius 3 is 0.808 bits per heavy atom. The molecule has 52 heavy (non-hydrogen) atoms. The van der Waals surface area contributed by atoms with Crippen molar-refractivity contribution in [3.05, 3.63) is 192 Å². The fraction of sp³-hybridized carbons (Fsp3) is 0. The lowest BCUT2D eigenvalue weighted by Gasteiger charge is -2.10. The number of carbonyl (C=O) groups is 2. The summed E-state index contributed by atoms with van der Waals surface area (Å²) in [5.74, 6) is 4.63. The quantitative estimate of drug-likeness (QED) is 0.0963. The van der Waals surface area contributed by atoms with Crippen LogP contribution in [0.5, 0.6) is 46.0 Å². The smallest absolute Gasteiger partial charge is 0.193 e. The summed E-state index contributed by atoms with van der Waals surface area (Å²) in [6, 6.07) is 49.2. The van der Waals surface area contributed by atoms with Crippen LogP contribution in [0.2, 0.25) is 0 Å². The first kappa shape index (κ1) is 33.2. The second-order valence-electron chi connectivity index (χ2n) is 11.8. The number of ketones is 2. The number of hydrogen-bond donors (Lipinski definition) is 2. The Hall–Kier alpha value is -7.32. The van der Waals surface area contributed by atoms with E-state index in [4.69, 9.17) is 30.4 Å². The van der Waals surface area contributed by atoms with Crippen LogP contribution in [0.1, 0.15) is 31.8 Å². The van der Waals surface area contributed by atoms with E-state index >= 15 is 0 Å². The fourth-order valence-corrected chi connectivity index (χ4v) is 5.25. The monoisotopic (exact) mass is 684 g/mol. The maximum absolute atomic E-state index is 13.4. The Kier molecular flexibility index (Phi) is 9.61. The lowest BCUT2D eigenvalue weighted by Crippen LogP contribution is -2.06. The molecule has 8 heteroatoms. The van der Waals surface area contributed by atoms with Crippen LogP contribution >= 0.6 is 0 Å². The molecule has 7 rings (SSSR count). The molecule has 0 radical (unpaired) electrons. The fourth-order valence-electron chi connectivity index (χ4n) is 5.25. The zero-order valence-electron chi connectivity index (χ0n) is 27.8. The maximum Gasteiger partial charge on any atom is 0.193 e. The van der Waals surface area contributed by atoms with Gasteiger partial charge in [0.2, 0.25) is 0 Å². The second kappa shape index (κ2) is 15.1. The minimum absolute atomic E-state index is 0.209. The summed E-state index contributed by atoms with van der Waals surface area (Å²) in [6.45, 7) is 0. The van der Waals surface area contributed by atoms with Crippen LogP contribution in [0.4, 0.5) is 11.4 Å². The van der Waals surface area contributed by atoms with Crippen molar-refractivity contribution in [1.82, 2.24) is 0 Å². The predicted octanol–water partition coefficient (Wildman–Crippen LogP) is 10.5. The van der Waals surface area contributed by atoms with Crippen LogP contribution in [-0.4, -0.2) is 11.6 Å². The molecule has 0 heterocycles. The van der Waals surface area contributed by atoms with E-state index in [1.54, 1.807) is 170 Å². The molecule has 8 nitrogen and oxygen atoms in total. The number of nitrogens with two attached hydrogens (primary N) is 2. The zero-order valence-corrected chi connectivity index (χ0v) is 27.8. The molecule has 0 atom stereocenters. The van der Waals surface area contributed by atoms with Crippen LogP contribution in [0, 0.1) is 0 Å². The Morgan fingerprint density at radius 1 is 0.308 bits per heavy atom. The summed E-state index contributed by atoms with van der Waals surface area (Å²) < 4.78 is 23.6. The molecular weight excluding hydrogens is 652 g/mol. The number of nitrogen functional groups attached to an aromatic ring is 2. The van der Waals surface area contributed by atoms with E-state index < -0.39 is 0 Å². The summed E-state index contributed by atoms with van der Waals surface area (Å²) >= 11 is 0. The van der Waals surface area contributed by atoms with Gasteiger partial charge in [-0.2, -0.15) is 0 Å². The summed E-state index contributed by atoms with van der Waals surface area (Å²) in [4.78, 5) is 26.7. The van der Waals surface area contributed by atoms with Crippen LogP contribution in [0.3, 0.4) is 0 Å². The van der Waals surface area contributed by atoms with Gasteiger partial charge in [0, 0.05) is 33.6 Å². The Morgan fingerprint density at radius 2 is 0.538 bits per heavy atom. The summed E-state index contributed by atoms with van der Waals surface area (Å²) in [7, 11) is 0. The molecule has 254 valence electrons. The van der Waals surface area contributed by atoms with E-state index in [1.807, 2.05) is 0 Å². The summed E-state index contributed by atoms with van der Waals surface area (Å²) in [5.41, 5.74) is 14.5. The highest BCUT2D eigenvalue weighted by Crippen LogP contribution is 2.30. The molecule has 7 aromatic carbocycles. The highest BCUT2D eigenvalue weighted by molar-refractivity contribution is 6.13. The predicted molar refractivity (Wildman–Crippen MR) is 201 cm³/mol. The highest BCUT2D eigenvalue weighted by Gasteiger charge is 2.15. The average Bonchev–Trinajstić information content (AvgIpc) is 3.18. The van der Waals surface area contributed by atoms with Crippen molar-refractivity contribution in [2.75, 3.05) is 11.5 Å². The number of ether oxygens (including phenoxy) is 4. The van der Waals surface area contributed by atoms with Gasteiger partial charge < -0.3 is 30.4 Å². The molecule has 0 bridgehead atoms. The van der Waals surface area contributed by atoms with Crippen molar-refractivity contribution in [1.29, 1.82) is 0 Å². The zero-order chi connectivity index (χ0) is 35.9. The van der Waals surface area contributed by atoms with Gasteiger partial charge in [0.05, 0.1) is 0 Å². The standard InChI is InChI=1S/C44H32N2O6/c45-33-8-16-37(17-9-33)51-41-24-20-39(21-25-41)49-35-12-4-29(5-13-35)43(47)31-2-1-3-32(28-31)44(48)30-6-14-36(15-7-30)50-40-22-26-42(27-23-40)52-38-18-10-34(46)11-19-38/h1-28H,45-46H2. The molecule has 0 aliphatic rings. The van der Waals surface area contributed by atoms with Crippen LogP contribution in [0.15, 0.2) is 170 Å². The molecule has 0 aliphatic heterocycles. The molecule has 0 spiro atoms. The normalized spacial score (nSPS) is 10.6. The Balaban J connectivity index is 0.941. The molecule has 0 fully saturated rings. The molecular formula is C44H32N2O6. The van der Waals surface area contributed by atoms with Crippen molar-refractivity contribution in [2.45, 2.75) is 0 Å². The third-order valence-electron chi connectivity index (χ3n) is 7.97. The average molecular weight is 685 g/mol. The van der Waals surface area contributed by atoms with Gasteiger partial charge in [-0.25, -0.2) is 0 Å². The lowest BCUT2D eigenvalue weighted by atomic mass is 9.97. The second-order valence-corrected chi connectivity index (χ2v) is 11.8. The molecule has 0 aromatic heterocycles. The van der Waals surface area contributed by atoms with Crippen LogP contribution in [-0.2, 0) is 0 Å². The molecule has 7 aromatic rings. The minimum atomic E-state index is -0.209. The van der Waals surface area contributed by atoms with Crippen molar-refractivity contribution in [2.24, 2.45) is 0 Å². The number of hydrogen-bond acceptors (Lipinski definition) is 8. The van der Waals surface area contributed by atoms with Crippen molar-refractivity contribution in [3.8, 4) is 46.0 Å². The highest BCUT2D eigenvalue weighted by atomic mass is 16.5. The first-order chi connectivity index (χ1) is 25.3. The number of benzene rings is 7. The largest absolute Gasteiger partial charge is 0.457 e. The summed E-state index contributed by atoms with van der Waals surface area (Å²) in [5, 5.41) is 0. The van der Waals surface area contributed by atoms with E-state index in [1.165, 1.54) is 0 Å². The van der Waals surface area contributed by atoms with Gasteiger partial charge in [0.15, 0.2) is 11.6 Å². The van der Waals surface area contributed by atoms with Crippen LogP contribution in [0.25, 0.3) is 0 Å². The lowest BCUT2D eigenvalue weighted by molar-refractivity contribution is 0.103. The van der Waals surface area contributed by atoms with Gasteiger partial charge in [-0.3, -0.25) is 9.59 Å². The van der Waals surface area contributed by atoms with E-state index in [0.717, 1.165) is 0 Å².